The highest BCUT2D eigenvalue weighted by Gasteiger charge is 2.12. The van der Waals surface area contributed by atoms with Crippen LogP contribution in [0.1, 0.15) is 29.5 Å². The Hall–Kier alpha value is -1.56. The Labute approximate surface area is 113 Å². The maximum atomic E-state index is 12.1. The first-order valence-corrected chi connectivity index (χ1v) is 6.50. The van der Waals surface area contributed by atoms with Crippen LogP contribution in [0.25, 0.3) is 0 Å². The monoisotopic (exact) mass is 308 g/mol. The number of ketones is 1. The van der Waals surface area contributed by atoms with Crippen molar-refractivity contribution in [3.05, 3.63) is 40.6 Å². The van der Waals surface area contributed by atoms with E-state index in [9.17, 15) is 4.79 Å². The predicted octanol–water partition coefficient (Wildman–Crippen LogP) is 2.27. The number of Topliss-reactive ketones (excluding diaryl/α,β-unsaturated/α-hetero) is 1. The van der Waals surface area contributed by atoms with Crippen LogP contribution in [-0.4, -0.2) is 25.5 Å². The summed E-state index contributed by atoms with van der Waals surface area (Å²) in [6.45, 7) is 2.84. The van der Waals surface area contributed by atoms with Crippen LogP contribution >= 0.6 is 15.9 Å². The number of pyridine rings is 1. The van der Waals surface area contributed by atoms with Crippen molar-refractivity contribution >= 4 is 21.7 Å². The van der Waals surface area contributed by atoms with Crippen molar-refractivity contribution in [2.75, 3.05) is 0 Å². The molecular formula is C12H13BrN4O. The maximum Gasteiger partial charge on any atom is 0.172 e. The lowest BCUT2D eigenvalue weighted by Gasteiger charge is -2.04. The van der Waals surface area contributed by atoms with E-state index < -0.39 is 0 Å². The summed E-state index contributed by atoms with van der Waals surface area (Å²) in [4.78, 5) is 20.2. The molecule has 0 aliphatic heterocycles. The number of halogens is 1. The van der Waals surface area contributed by atoms with E-state index >= 15 is 0 Å². The fourth-order valence-corrected chi connectivity index (χ4v) is 2.00. The molecule has 0 spiro atoms. The number of hydrogen-bond donors (Lipinski definition) is 0. The molecule has 2 heterocycles. The van der Waals surface area contributed by atoms with E-state index in [0.717, 1.165) is 17.4 Å². The van der Waals surface area contributed by atoms with Gasteiger partial charge in [-0.1, -0.05) is 6.92 Å². The molecule has 6 heteroatoms. The smallest absolute Gasteiger partial charge is 0.172 e. The molecule has 0 radical (unpaired) electrons. The third-order valence-electron chi connectivity index (χ3n) is 2.48. The third-order valence-corrected chi connectivity index (χ3v) is 2.91. The maximum absolute atomic E-state index is 12.1. The van der Waals surface area contributed by atoms with Crippen LogP contribution in [0.3, 0.4) is 0 Å². The van der Waals surface area contributed by atoms with Crippen LogP contribution < -0.4 is 0 Å². The normalized spacial score (nSPS) is 10.6. The first-order valence-electron chi connectivity index (χ1n) is 5.71. The van der Waals surface area contributed by atoms with Gasteiger partial charge in [-0.15, -0.1) is 0 Å². The third kappa shape index (κ3) is 3.01. The molecule has 5 nitrogen and oxygen atoms in total. The van der Waals surface area contributed by atoms with Gasteiger partial charge in [-0.05, 0) is 28.4 Å². The molecule has 0 amide bonds. The van der Waals surface area contributed by atoms with Crippen LogP contribution in [0.2, 0.25) is 0 Å². The Kier molecular flexibility index (Phi) is 4.19. The zero-order chi connectivity index (χ0) is 13.0. The van der Waals surface area contributed by atoms with Gasteiger partial charge in [-0.25, -0.2) is 9.67 Å². The van der Waals surface area contributed by atoms with Gasteiger partial charge in [0, 0.05) is 29.0 Å². The van der Waals surface area contributed by atoms with Gasteiger partial charge in [0.25, 0.3) is 0 Å². The molecule has 0 unspecified atom stereocenters. The summed E-state index contributed by atoms with van der Waals surface area (Å²) in [5, 5.41) is 4.10. The second kappa shape index (κ2) is 5.86. The fourth-order valence-electron chi connectivity index (χ4n) is 1.63. The van der Waals surface area contributed by atoms with Gasteiger partial charge in [-0.3, -0.25) is 9.78 Å². The van der Waals surface area contributed by atoms with Gasteiger partial charge in [0.15, 0.2) is 5.78 Å². The summed E-state index contributed by atoms with van der Waals surface area (Å²) < 4.78 is 2.56. The van der Waals surface area contributed by atoms with Crippen LogP contribution in [0.4, 0.5) is 0 Å². The Morgan fingerprint density at radius 1 is 1.44 bits per heavy atom. The molecule has 0 fully saturated rings. The lowest BCUT2D eigenvalue weighted by molar-refractivity contribution is 0.0989. The highest BCUT2D eigenvalue weighted by Crippen LogP contribution is 2.11. The number of carbonyl (C=O) groups is 1. The topological polar surface area (TPSA) is 60.7 Å². The van der Waals surface area contributed by atoms with Crippen molar-refractivity contribution < 1.29 is 4.79 Å². The van der Waals surface area contributed by atoms with Crippen molar-refractivity contribution in [1.29, 1.82) is 0 Å². The molecule has 2 aromatic rings. The van der Waals surface area contributed by atoms with Crippen molar-refractivity contribution in [1.82, 2.24) is 19.7 Å². The van der Waals surface area contributed by atoms with Crippen LogP contribution in [0.15, 0.2) is 29.3 Å². The van der Waals surface area contributed by atoms with Gasteiger partial charge < -0.3 is 0 Å². The van der Waals surface area contributed by atoms with Crippen LogP contribution in [-0.2, 0) is 13.0 Å². The summed E-state index contributed by atoms with van der Waals surface area (Å²) >= 11 is 3.30. The predicted molar refractivity (Wildman–Crippen MR) is 70.3 cm³/mol. The molecule has 2 aromatic heterocycles. The molecule has 0 aliphatic carbocycles. The largest absolute Gasteiger partial charge is 0.294 e. The first-order chi connectivity index (χ1) is 8.70. The average Bonchev–Trinajstić information content (AvgIpc) is 2.77. The number of rotatable bonds is 5. The van der Waals surface area contributed by atoms with Crippen molar-refractivity contribution in [2.45, 2.75) is 26.3 Å². The Balaban J connectivity index is 2.14. The second-order valence-corrected chi connectivity index (χ2v) is 4.81. The summed E-state index contributed by atoms with van der Waals surface area (Å²) in [5.74, 6) is 0.691. The minimum atomic E-state index is -0.00541. The summed E-state index contributed by atoms with van der Waals surface area (Å²) in [5.41, 5.74) is 0.579. The molecule has 0 aromatic carbocycles. The Bertz CT molecular complexity index is 553. The summed E-state index contributed by atoms with van der Waals surface area (Å²) in [6.07, 6.45) is 5.91. The van der Waals surface area contributed by atoms with Gasteiger partial charge in [-0.2, -0.15) is 5.10 Å². The molecule has 0 bridgehead atoms. The van der Waals surface area contributed by atoms with E-state index in [2.05, 4.69) is 37.9 Å². The molecule has 2 rings (SSSR count). The highest BCUT2D eigenvalue weighted by atomic mass is 79.9. The lowest BCUT2D eigenvalue weighted by atomic mass is 10.1. The highest BCUT2D eigenvalue weighted by molar-refractivity contribution is 9.10. The number of nitrogens with zero attached hydrogens (tertiary/aromatic N) is 4. The van der Waals surface area contributed by atoms with Gasteiger partial charge in [0.2, 0.25) is 0 Å². The first kappa shape index (κ1) is 12.9. The SMILES string of the molecule is CCCn1ncnc1CC(=O)c1cncc(Br)c1. The summed E-state index contributed by atoms with van der Waals surface area (Å²) in [7, 11) is 0. The molecule has 0 saturated heterocycles. The van der Waals surface area contributed by atoms with Crippen LogP contribution in [0.5, 0.6) is 0 Å². The van der Waals surface area contributed by atoms with Gasteiger partial charge in [0.05, 0.1) is 6.42 Å². The van der Waals surface area contributed by atoms with Crippen molar-refractivity contribution in [3.63, 3.8) is 0 Å². The molecule has 0 aliphatic rings. The standard InChI is InChI=1S/C12H13BrN4O/c1-2-3-17-12(15-8-16-17)5-11(18)9-4-10(13)7-14-6-9/h4,6-8H,2-3,5H2,1H3. The van der Waals surface area contributed by atoms with Gasteiger partial charge in [0.1, 0.15) is 12.2 Å². The molecule has 0 atom stereocenters. The second-order valence-electron chi connectivity index (χ2n) is 3.89. The summed E-state index contributed by atoms with van der Waals surface area (Å²) in [6, 6.07) is 1.76. The minimum absolute atomic E-state index is 0.00541. The number of hydrogen-bond acceptors (Lipinski definition) is 4. The van der Waals surface area contributed by atoms with E-state index in [4.69, 9.17) is 0 Å². The minimum Gasteiger partial charge on any atom is -0.294 e. The molecule has 0 saturated carbocycles. The van der Waals surface area contributed by atoms with Crippen molar-refractivity contribution in [2.24, 2.45) is 0 Å². The van der Waals surface area contributed by atoms with E-state index in [-0.39, 0.29) is 12.2 Å². The van der Waals surface area contributed by atoms with Crippen LogP contribution in [0, 0.1) is 0 Å². The average molecular weight is 309 g/mol. The number of aryl methyl sites for hydroxylation is 1. The Morgan fingerprint density at radius 2 is 2.28 bits per heavy atom. The van der Waals surface area contributed by atoms with E-state index in [1.165, 1.54) is 6.33 Å². The van der Waals surface area contributed by atoms with Gasteiger partial charge >= 0.3 is 0 Å². The molecule has 18 heavy (non-hydrogen) atoms. The van der Waals surface area contributed by atoms with Crippen molar-refractivity contribution in [3.8, 4) is 0 Å². The Morgan fingerprint density at radius 3 is 3.00 bits per heavy atom. The van der Waals surface area contributed by atoms with E-state index in [1.807, 2.05) is 0 Å². The quantitative estimate of drug-likeness (QED) is 0.795. The van der Waals surface area contributed by atoms with E-state index in [1.54, 1.807) is 23.1 Å². The fraction of sp³-hybridized carbons (Fsp3) is 0.333. The number of carbonyl (C=O) groups excluding carboxylic acids is 1. The number of aromatic nitrogens is 4. The zero-order valence-electron chi connectivity index (χ0n) is 10.0. The molecule has 0 N–H and O–H groups in total. The molecular weight excluding hydrogens is 296 g/mol. The van der Waals surface area contributed by atoms with E-state index in [0.29, 0.717) is 11.4 Å². The zero-order valence-corrected chi connectivity index (χ0v) is 11.6. The molecule has 94 valence electrons. The lowest BCUT2D eigenvalue weighted by Crippen LogP contribution is -2.11.